The van der Waals surface area contributed by atoms with Crippen molar-refractivity contribution in [2.45, 2.75) is 32.1 Å². The topological polar surface area (TPSA) is 49.3 Å². The molecule has 1 saturated carbocycles. The van der Waals surface area contributed by atoms with Crippen molar-refractivity contribution in [2.24, 2.45) is 5.92 Å². The zero-order valence-electron chi connectivity index (χ0n) is 15.2. The summed E-state index contributed by atoms with van der Waals surface area (Å²) in [6, 6.07) is 14.1. The van der Waals surface area contributed by atoms with Crippen LogP contribution < -0.4 is 4.90 Å². The second-order valence-electron chi connectivity index (χ2n) is 7.37. The minimum Gasteiger partial charge on any atom is -0.352 e. The second-order valence-corrected chi connectivity index (χ2v) is 7.37. The van der Waals surface area contributed by atoms with Gasteiger partial charge in [-0.2, -0.15) is 0 Å². The van der Waals surface area contributed by atoms with Crippen molar-refractivity contribution in [3.8, 4) is 11.3 Å². The number of piperazine rings is 1. The number of benzene rings is 1. The fourth-order valence-electron chi connectivity index (χ4n) is 4.03. The number of nitrogens with zero attached hydrogens (tertiary/aromatic N) is 4. The number of hydrogen-bond acceptors (Lipinski definition) is 4. The molecule has 1 aromatic heterocycles. The van der Waals surface area contributed by atoms with Crippen LogP contribution in [0.15, 0.2) is 42.5 Å². The molecule has 0 N–H and O–H groups in total. The van der Waals surface area contributed by atoms with Crippen LogP contribution in [0.5, 0.6) is 0 Å². The molecule has 1 aromatic carbocycles. The molecule has 4 rings (SSSR count). The van der Waals surface area contributed by atoms with E-state index in [4.69, 9.17) is 0 Å². The van der Waals surface area contributed by atoms with E-state index in [0.29, 0.717) is 11.8 Å². The van der Waals surface area contributed by atoms with Crippen molar-refractivity contribution in [1.29, 1.82) is 0 Å². The normalized spacial score (nSPS) is 18.3. The lowest BCUT2D eigenvalue weighted by Crippen LogP contribution is -2.49. The van der Waals surface area contributed by atoms with E-state index in [0.717, 1.165) is 49.7 Å². The Hall–Kier alpha value is -2.43. The molecule has 0 atom stereocenters. The van der Waals surface area contributed by atoms with Crippen molar-refractivity contribution in [3.63, 3.8) is 0 Å². The third kappa shape index (κ3) is 3.87. The second kappa shape index (κ2) is 7.85. The number of hydrogen-bond donors (Lipinski definition) is 0. The average Bonchev–Trinajstić information content (AvgIpc) is 3.22. The van der Waals surface area contributed by atoms with E-state index >= 15 is 0 Å². The smallest absolute Gasteiger partial charge is 0.222 e. The van der Waals surface area contributed by atoms with Gasteiger partial charge in [0.15, 0.2) is 5.82 Å². The van der Waals surface area contributed by atoms with Gasteiger partial charge in [0.25, 0.3) is 0 Å². The van der Waals surface area contributed by atoms with Gasteiger partial charge in [-0.1, -0.05) is 43.2 Å². The number of anilines is 1. The van der Waals surface area contributed by atoms with Gasteiger partial charge in [0, 0.05) is 38.2 Å². The molecule has 26 heavy (non-hydrogen) atoms. The van der Waals surface area contributed by atoms with Gasteiger partial charge in [-0.25, -0.2) is 0 Å². The fourth-order valence-corrected chi connectivity index (χ4v) is 4.03. The largest absolute Gasteiger partial charge is 0.352 e. The van der Waals surface area contributed by atoms with Crippen LogP contribution in [0.4, 0.5) is 5.82 Å². The maximum Gasteiger partial charge on any atom is 0.222 e. The quantitative estimate of drug-likeness (QED) is 0.848. The summed E-state index contributed by atoms with van der Waals surface area (Å²) < 4.78 is 0. The molecule has 2 heterocycles. The summed E-state index contributed by atoms with van der Waals surface area (Å²) in [6.07, 6.45) is 5.79. The minimum atomic E-state index is 0.335. The number of carbonyl (C=O) groups is 1. The summed E-state index contributed by atoms with van der Waals surface area (Å²) in [4.78, 5) is 16.7. The van der Waals surface area contributed by atoms with Gasteiger partial charge in [0.2, 0.25) is 5.91 Å². The van der Waals surface area contributed by atoms with E-state index in [2.05, 4.69) is 15.1 Å². The van der Waals surface area contributed by atoms with E-state index in [9.17, 15) is 4.79 Å². The molecule has 5 nitrogen and oxygen atoms in total. The summed E-state index contributed by atoms with van der Waals surface area (Å²) in [5, 5.41) is 8.78. The maximum absolute atomic E-state index is 12.5. The van der Waals surface area contributed by atoms with Crippen molar-refractivity contribution < 1.29 is 4.79 Å². The van der Waals surface area contributed by atoms with Crippen LogP contribution in [0.25, 0.3) is 11.3 Å². The van der Waals surface area contributed by atoms with Crippen LogP contribution >= 0.6 is 0 Å². The van der Waals surface area contributed by atoms with E-state index in [-0.39, 0.29) is 0 Å². The fraction of sp³-hybridized carbons (Fsp3) is 0.476. The zero-order chi connectivity index (χ0) is 17.8. The van der Waals surface area contributed by atoms with Crippen LogP contribution in [-0.2, 0) is 4.79 Å². The molecular formula is C21H26N4O. The Balaban J connectivity index is 1.32. The number of amides is 1. The van der Waals surface area contributed by atoms with Crippen LogP contribution in [0.1, 0.15) is 32.1 Å². The van der Waals surface area contributed by atoms with E-state index in [1.807, 2.05) is 47.4 Å². The average molecular weight is 350 g/mol. The summed E-state index contributed by atoms with van der Waals surface area (Å²) in [5.74, 6) is 1.85. The highest BCUT2D eigenvalue weighted by Crippen LogP contribution is 2.28. The van der Waals surface area contributed by atoms with Crippen molar-refractivity contribution >= 4 is 11.7 Å². The first-order valence-electron chi connectivity index (χ1n) is 9.71. The molecular weight excluding hydrogens is 324 g/mol. The molecule has 0 spiro atoms. The Kier molecular flexibility index (Phi) is 5.14. The highest BCUT2D eigenvalue weighted by Gasteiger charge is 2.25. The molecule has 1 amide bonds. The molecule has 1 aliphatic carbocycles. The van der Waals surface area contributed by atoms with E-state index in [1.165, 1.54) is 25.7 Å². The summed E-state index contributed by atoms with van der Waals surface area (Å²) >= 11 is 0. The predicted molar refractivity (Wildman–Crippen MR) is 103 cm³/mol. The third-order valence-corrected chi connectivity index (χ3v) is 5.61. The predicted octanol–water partition coefficient (Wildman–Crippen LogP) is 3.37. The zero-order valence-corrected chi connectivity index (χ0v) is 15.2. The van der Waals surface area contributed by atoms with Crippen LogP contribution in [0.2, 0.25) is 0 Å². The number of aromatic nitrogens is 2. The molecule has 0 unspecified atom stereocenters. The highest BCUT2D eigenvalue weighted by molar-refractivity contribution is 5.76. The molecule has 0 radical (unpaired) electrons. The molecule has 1 aliphatic heterocycles. The first kappa shape index (κ1) is 17.0. The Morgan fingerprint density at radius 1 is 0.923 bits per heavy atom. The van der Waals surface area contributed by atoms with Crippen LogP contribution in [0, 0.1) is 5.92 Å². The Labute approximate surface area is 155 Å². The monoisotopic (exact) mass is 350 g/mol. The van der Waals surface area contributed by atoms with E-state index in [1.54, 1.807) is 0 Å². The van der Waals surface area contributed by atoms with Gasteiger partial charge in [-0.15, -0.1) is 10.2 Å². The van der Waals surface area contributed by atoms with Crippen LogP contribution in [0.3, 0.4) is 0 Å². The lowest BCUT2D eigenvalue weighted by Gasteiger charge is -2.35. The third-order valence-electron chi connectivity index (χ3n) is 5.61. The maximum atomic E-state index is 12.5. The Morgan fingerprint density at radius 3 is 2.31 bits per heavy atom. The standard InChI is InChI=1S/C21H26N4O/c26-21(16-17-6-4-5-7-17)25-14-12-24(13-15-25)20-11-10-19(22-23-20)18-8-2-1-3-9-18/h1-3,8-11,17H,4-7,12-16H2. The molecule has 2 aliphatic rings. The first-order valence-corrected chi connectivity index (χ1v) is 9.71. The summed E-state index contributed by atoms with van der Waals surface area (Å²) in [7, 11) is 0. The van der Waals surface area contributed by atoms with Crippen LogP contribution in [-0.4, -0.2) is 47.2 Å². The molecule has 0 bridgehead atoms. The van der Waals surface area contributed by atoms with Gasteiger partial charge in [0.1, 0.15) is 0 Å². The van der Waals surface area contributed by atoms with Crippen molar-refractivity contribution in [2.75, 3.05) is 31.1 Å². The summed E-state index contributed by atoms with van der Waals surface area (Å²) in [6.45, 7) is 3.23. The van der Waals surface area contributed by atoms with E-state index < -0.39 is 0 Å². The first-order chi connectivity index (χ1) is 12.8. The number of rotatable bonds is 4. The highest BCUT2D eigenvalue weighted by atomic mass is 16.2. The van der Waals surface area contributed by atoms with Crippen molar-refractivity contribution in [3.05, 3.63) is 42.5 Å². The molecule has 136 valence electrons. The van der Waals surface area contributed by atoms with Gasteiger partial charge in [-0.3, -0.25) is 4.79 Å². The summed E-state index contributed by atoms with van der Waals surface area (Å²) in [5.41, 5.74) is 1.97. The molecule has 2 fully saturated rings. The number of carbonyl (C=O) groups excluding carboxylic acids is 1. The van der Waals surface area contributed by atoms with Gasteiger partial charge in [0.05, 0.1) is 5.69 Å². The molecule has 1 saturated heterocycles. The van der Waals surface area contributed by atoms with Gasteiger partial charge in [-0.05, 0) is 30.9 Å². The van der Waals surface area contributed by atoms with Gasteiger partial charge < -0.3 is 9.80 Å². The van der Waals surface area contributed by atoms with Crippen molar-refractivity contribution in [1.82, 2.24) is 15.1 Å². The Bertz CT molecular complexity index is 717. The molecule has 2 aromatic rings. The molecule has 5 heteroatoms. The van der Waals surface area contributed by atoms with Gasteiger partial charge >= 0.3 is 0 Å². The lowest BCUT2D eigenvalue weighted by atomic mass is 10.0. The lowest BCUT2D eigenvalue weighted by molar-refractivity contribution is -0.132. The minimum absolute atomic E-state index is 0.335. The Morgan fingerprint density at radius 2 is 1.65 bits per heavy atom. The SMILES string of the molecule is O=C(CC1CCCC1)N1CCN(c2ccc(-c3ccccc3)nn2)CC1.